The van der Waals surface area contributed by atoms with Crippen molar-refractivity contribution >= 4 is 0 Å². The van der Waals surface area contributed by atoms with Gasteiger partial charge in [-0.05, 0) is 18.4 Å². The monoisotopic (exact) mass is 236 g/mol. The maximum atomic E-state index is 8.95. The van der Waals surface area contributed by atoms with Gasteiger partial charge in [0.25, 0.3) is 0 Å². The molecule has 3 heteroatoms. The number of hydrogen-bond acceptors (Lipinski definition) is 3. The molecule has 1 saturated heterocycles. The Kier molecular flexibility index (Phi) is 4.98. The molecule has 1 fully saturated rings. The number of aliphatic hydroxyl groups is 1. The van der Waals surface area contributed by atoms with Crippen molar-refractivity contribution in [1.82, 2.24) is 0 Å². The maximum Gasteiger partial charge on any atom is 0.0806 e. The van der Waals surface area contributed by atoms with Crippen molar-refractivity contribution in [2.75, 3.05) is 19.8 Å². The van der Waals surface area contributed by atoms with Crippen molar-refractivity contribution in [3.63, 3.8) is 0 Å². The number of hydrogen-bond donors (Lipinski definition) is 1. The van der Waals surface area contributed by atoms with Crippen LogP contribution in [0.5, 0.6) is 0 Å². The van der Waals surface area contributed by atoms with E-state index in [0.29, 0.717) is 19.1 Å². The fourth-order valence-electron chi connectivity index (χ4n) is 2.05. The molecule has 3 nitrogen and oxygen atoms in total. The van der Waals surface area contributed by atoms with E-state index in [1.807, 2.05) is 18.2 Å². The van der Waals surface area contributed by atoms with Crippen LogP contribution in [0.15, 0.2) is 30.3 Å². The zero-order chi connectivity index (χ0) is 11.9. The molecule has 1 aromatic carbocycles. The molecule has 0 bridgehead atoms. The predicted molar refractivity (Wildman–Crippen MR) is 65.6 cm³/mol. The quantitative estimate of drug-likeness (QED) is 0.849. The molecule has 94 valence electrons. The summed E-state index contributed by atoms with van der Waals surface area (Å²) in [6, 6.07) is 10.2. The van der Waals surface area contributed by atoms with Crippen LogP contribution in [-0.4, -0.2) is 31.0 Å². The molecule has 0 aliphatic carbocycles. The molecule has 1 aliphatic rings. The molecule has 0 unspecified atom stereocenters. The third kappa shape index (κ3) is 4.11. The largest absolute Gasteiger partial charge is 0.394 e. The van der Waals surface area contributed by atoms with Crippen LogP contribution in [0.2, 0.25) is 0 Å². The molecule has 0 saturated carbocycles. The highest BCUT2D eigenvalue weighted by molar-refractivity contribution is 5.13. The Morgan fingerprint density at radius 1 is 1.24 bits per heavy atom. The molecule has 0 spiro atoms. The Morgan fingerprint density at radius 3 is 2.71 bits per heavy atom. The molecule has 1 heterocycles. The molecule has 0 aromatic heterocycles. The topological polar surface area (TPSA) is 38.7 Å². The summed E-state index contributed by atoms with van der Waals surface area (Å²) in [5, 5.41) is 8.95. The molecule has 0 radical (unpaired) electrons. The van der Waals surface area contributed by atoms with Crippen molar-refractivity contribution in [3.8, 4) is 0 Å². The van der Waals surface area contributed by atoms with Crippen LogP contribution in [0.3, 0.4) is 0 Å². The van der Waals surface area contributed by atoms with Gasteiger partial charge in [0.2, 0.25) is 0 Å². The number of ether oxygens (including phenoxy) is 2. The van der Waals surface area contributed by atoms with E-state index in [1.165, 1.54) is 5.56 Å². The van der Waals surface area contributed by atoms with Crippen molar-refractivity contribution in [1.29, 1.82) is 0 Å². The molecule has 17 heavy (non-hydrogen) atoms. The van der Waals surface area contributed by atoms with Crippen molar-refractivity contribution in [3.05, 3.63) is 35.9 Å². The molecule has 0 amide bonds. The Morgan fingerprint density at radius 2 is 2.06 bits per heavy atom. The van der Waals surface area contributed by atoms with Gasteiger partial charge in [-0.15, -0.1) is 0 Å². The third-order valence-corrected chi connectivity index (χ3v) is 3.13. The summed E-state index contributed by atoms with van der Waals surface area (Å²) >= 11 is 0. The first-order valence-corrected chi connectivity index (χ1v) is 6.22. The second kappa shape index (κ2) is 6.74. The molecular formula is C14H20O3. The Hall–Kier alpha value is -0.900. The lowest BCUT2D eigenvalue weighted by molar-refractivity contribution is -0.0633. The van der Waals surface area contributed by atoms with Crippen LogP contribution in [0.1, 0.15) is 18.4 Å². The standard InChI is InChI=1S/C14H20O3/c15-8-14-7-6-13(11-17-14)10-16-9-12-4-2-1-3-5-12/h1-5,13-15H,6-11H2/t13-,14+/m0/s1. The minimum atomic E-state index is 0.0420. The van der Waals surface area contributed by atoms with Gasteiger partial charge in [-0.2, -0.15) is 0 Å². The van der Waals surface area contributed by atoms with E-state index in [9.17, 15) is 0 Å². The number of aliphatic hydroxyl groups excluding tert-OH is 1. The summed E-state index contributed by atoms with van der Waals surface area (Å²) in [4.78, 5) is 0. The van der Waals surface area contributed by atoms with Crippen LogP contribution < -0.4 is 0 Å². The maximum absolute atomic E-state index is 8.95. The van der Waals surface area contributed by atoms with Crippen LogP contribution in [-0.2, 0) is 16.1 Å². The fourth-order valence-corrected chi connectivity index (χ4v) is 2.05. The van der Waals surface area contributed by atoms with Gasteiger partial charge in [-0.1, -0.05) is 30.3 Å². The second-order valence-corrected chi connectivity index (χ2v) is 4.58. The van der Waals surface area contributed by atoms with E-state index in [1.54, 1.807) is 0 Å². The Balaban J connectivity index is 1.63. The SMILES string of the molecule is OC[C@H]1CC[C@@H](COCc2ccccc2)CO1. The molecule has 2 rings (SSSR count). The van der Waals surface area contributed by atoms with Crippen molar-refractivity contribution < 1.29 is 14.6 Å². The zero-order valence-electron chi connectivity index (χ0n) is 10.0. The van der Waals surface area contributed by atoms with Gasteiger partial charge >= 0.3 is 0 Å². The first-order valence-electron chi connectivity index (χ1n) is 6.22. The zero-order valence-corrected chi connectivity index (χ0v) is 10.0. The average molecular weight is 236 g/mol. The lowest BCUT2D eigenvalue weighted by atomic mass is 9.99. The van der Waals surface area contributed by atoms with E-state index >= 15 is 0 Å². The summed E-state index contributed by atoms with van der Waals surface area (Å²) in [6.07, 6.45) is 2.07. The molecule has 1 aromatic rings. The van der Waals surface area contributed by atoms with E-state index in [0.717, 1.165) is 19.4 Å². The van der Waals surface area contributed by atoms with Gasteiger partial charge in [0.15, 0.2) is 0 Å². The van der Waals surface area contributed by atoms with Gasteiger partial charge in [0.05, 0.1) is 32.5 Å². The molecular weight excluding hydrogens is 216 g/mol. The number of rotatable bonds is 5. The summed E-state index contributed by atoms with van der Waals surface area (Å²) in [5.41, 5.74) is 1.21. The summed E-state index contributed by atoms with van der Waals surface area (Å²) < 4.78 is 11.2. The first-order chi connectivity index (χ1) is 8.38. The van der Waals surface area contributed by atoms with Gasteiger partial charge in [0, 0.05) is 5.92 Å². The van der Waals surface area contributed by atoms with Crippen LogP contribution in [0, 0.1) is 5.92 Å². The van der Waals surface area contributed by atoms with Crippen LogP contribution >= 0.6 is 0 Å². The first kappa shape index (κ1) is 12.6. The second-order valence-electron chi connectivity index (χ2n) is 4.58. The third-order valence-electron chi connectivity index (χ3n) is 3.13. The fraction of sp³-hybridized carbons (Fsp3) is 0.571. The van der Waals surface area contributed by atoms with Gasteiger partial charge in [-0.25, -0.2) is 0 Å². The van der Waals surface area contributed by atoms with Gasteiger partial charge in [-0.3, -0.25) is 0 Å². The van der Waals surface area contributed by atoms with E-state index in [-0.39, 0.29) is 12.7 Å². The Labute approximate surface area is 102 Å². The Bertz CT molecular complexity index is 305. The average Bonchev–Trinajstić information content (AvgIpc) is 2.41. The highest BCUT2D eigenvalue weighted by Gasteiger charge is 2.20. The minimum Gasteiger partial charge on any atom is -0.394 e. The predicted octanol–water partition coefficient (Wildman–Crippen LogP) is 1.99. The van der Waals surface area contributed by atoms with E-state index in [4.69, 9.17) is 14.6 Å². The van der Waals surface area contributed by atoms with Gasteiger partial charge < -0.3 is 14.6 Å². The van der Waals surface area contributed by atoms with Gasteiger partial charge in [0.1, 0.15) is 0 Å². The minimum absolute atomic E-state index is 0.0420. The molecule has 1 aliphatic heterocycles. The van der Waals surface area contributed by atoms with E-state index < -0.39 is 0 Å². The smallest absolute Gasteiger partial charge is 0.0806 e. The highest BCUT2D eigenvalue weighted by Crippen LogP contribution is 2.19. The van der Waals surface area contributed by atoms with Crippen molar-refractivity contribution in [2.45, 2.75) is 25.6 Å². The number of benzene rings is 1. The molecule has 2 atom stereocenters. The summed E-state index contributed by atoms with van der Waals surface area (Å²) in [6.45, 7) is 2.26. The van der Waals surface area contributed by atoms with E-state index in [2.05, 4.69) is 12.1 Å². The van der Waals surface area contributed by atoms with Crippen LogP contribution in [0.4, 0.5) is 0 Å². The summed E-state index contributed by atoms with van der Waals surface area (Å²) in [7, 11) is 0. The molecule has 1 N–H and O–H groups in total. The lowest BCUT2D eigenvalue weighted by Crippen LogP contribution is -2.30. The summed E-state index contributed by atoms with van der Waals surface area (Å²) in [5.74, 6) is 0.474. The highest BCUT2D eigenvalue weighted by atomic mass is 16.5. The van der Waals surface area contributed by atoms with Crippen LogP contribution in [0.25, 0.3) is 0 Å². The lowest BCUT2D eigenvalue weighted by Gasteiger charge is -2.27. The van der Waals surface area contributed by atoms with Crippen molar-refractivity contribution in [2.24, 2.45) is 5.92 Å². The normalized spacial score (nSPS) is 24.8.